The van der Waals surface area contributed by atoms with Crippen LogP contribution >= 0.6 is 24.4 Å². The van der Waals surface area contributed by atoms with Crippen molar-refractivity contribution in [3.63, 3.8) is 0 Å². The molecule has 0 radical (unpaired) electrons. The lowest BCUT2D eigenvalue weighted by molar-refractivity contribution is 0.412. The van der Waals surface area contributed by atoms with E-state index in [0.717, 1.165) is 5.69 Å². The number of benzene rings is 2. The van der Waals surface area contributed by atoms with Crippen LogP contribution in [0.2, 0.25) is 0 Å². The maximum absolute atomic E-state index is 5.81. The van der Waals surface area contributed by atoms with E-state index in [-0.39, 0.29) is 5.17 Å². The minimum atomic E-state index is 0.253. The maximum atomic E-state index is 5.81. The Hall–Kier alpha value is -2.18. The van der Waals surface area contributed by atoms with Crippen molar-refractivity contribution in [3.05, 3.63) is 54.6 Å². The Morgan fingerprint density at radius 1 is 0.913 bits per heavy atom. The topological polar surface area (TPSA) is 24.9 Å². The smallest absolute Gasteiger partial charge is 0.275 e. The summed E-state index contributed by atoms with van der Waals surface area (Å²) in [6.07, 6.45) is 0. The Morgan fingerprint density at radius 2 is 1.57 bits per heavy atom. The number of nitrogens with zero attached hydrogens (tertiary/aromatic N) is 2. The first-order chi connectivity index (χ1) is 11.0. The van der Waals surface area contributed by atoms with Gasteiger partial charge in [0, 0.05) is 20.2 Å². The van der Waals surface area contributed by atoms with Crippen LogP contribution in [0.3, 0.4) is 0 Å². The summed E-state index contributed by atoms with van der Waals surface area (Å²) < 4.78 is 11.0. The molecular formula is C17H18N2O2S2. The number of para-hydroxylation sites is 1. The molecule has 23 heavy (non-hydrogen) atoms. The second kappa shape index (κ2) is 7.89. The number of ether oxygens (including phenoxy) is 2. The molecule has 0 N–H and O–H groups in total. The fraction of sp³-hybridized carbons (Fsp3) is 0.176. The molecule has 2 aromatic carbocycles. The van der Waals surface area contributed by atoms with Crippen molar-refractivity contribution in [1.82, 2.24) is 4.90 Å². The number of anilines is 1. The number of rotatable bonds is 3. The largest absolute Gasteiger partial charge is 0.497 e. The standard InChI is InChI=1S/C17H18N2O2S2/c1-18(2)16(22)19(13-8-5-4-6-9-13)17(23)21-15-11-7-10-14(12-15)20-3/h4-12H,1-3H3. The number of methoxy groups -OCH3 is 1. The molecule has 120 valence electrons. The third-order valence-corrected chi connectivity index (χ3v) is 3.83. The summed E-state index contributed by atoms with van der Waals surface area (Å²) in [7, 11) is 5.34. The first-order valence-electron chi connectivity index (χ1n) is 6.95. The summed E-state index contributed by atoms with van der Waals surface area (Å²) in [6.45, 7) is 0. The second-order valence-electron chi connectivity index (χ2n) is 4.89. The molecule has 0 fully saturated rings. The molecule has 0 amide bonds. The van der Waals surface area contributed by atoms with Gasteiger partial charge in [0.2, 0.25) is 0 Å². The number of hydrogen-bond donors (Lipinski definition) is 0. The number of hydrogen-bond acceptors (Lipinski definition) is 4. The van der Waals surface area contributed by atoms with E-state index in [1.807, 2.05) is 67.5 Å². The van der Waals surface area contributed by atoms with Gasteiger partial charge in [0.1, 0.15) is 11.5 Å². The first kappa shape index (κ1) is 17.2. The van der Waals surface area contributed by atoms with Crippen molar-refractivity contribution in [1.29, 1.82) is 0 Å². The fourth-order valence-electron chi connectivity index (χ4n) is 1.88. The summed E-state index contributed by atoms with van der Waals surface area (Å²) in [5.74, 6) is 1.29. The van der Waals surface area contributed by atoms with Crippen molar-refractivity contribution >= 4 is 40.4 Å². The summed E-state index contributed by atoms with van der Waals surface area (Å²) in [5.41, 5.74) is 0.846. The van der Waals surface area contributed by atoms with Gasteiger partial charge in [-0.1, -0.05) is 24.3 Å². The van der Waals surface area contributed by atoms with E-state index in [0.29, 0.717) is 16.6 Å². The normalized spacial score (nSPS) is 9.87. The van der Waals surface area contributed by atoms with Crippen LogP contribution < -0.4 is 14.4 Å². The van der Waals surface area contributed by atoms with Crippen molar-refractivity contribution in [2.45, 2.75) is 0 Å². The molecular weight excluding hydrogens is 328 g/mol. The molecule has 2 rings (SSSR count). The highest BCUT2D eigenvalue weighted by molar-refractivity contribution is 7.82. The van der Waals surface area contributed by atoms with Crippen molar-refractivity contribution in [2.75, 3.05) is 26.1 Å². The van der Waals surface area contributed by atoms with E-state index >= 15 is 0 Å². The lowest BCUT2D eigenvalue weighted by Crippen LogP contribution is -2.44. The van der Waals surface area contributed by atoms with Gasteiger partial charge >= 0.3 is 0 Å². The fourth-order valence-corrected chi connectivity index (χ4v) is 2.42. The summed E-state index contributed by atoms with van der Waals surface area (Å²) in [5, 5.41) is 0.798. The molecule has 0 aliphatic heterocycles. The molecule has 0 unspecified atom stereocenters. The number of thiocarbonyl (C=S) groups is 2. The molecule has 0 aliphatic carbocycles. The van der Waals surface area contributed by atoms with Crippen LogP contribution in [0, 0.1) is 0 Å². The summed E-state index contributed by atoms with van der Waals surface area (Å²) >= 11 is 10.9. The molecule has 4 nitrogen and oxygen atoms in total. The highest BCUT2D eigenvalue weighted by atomic mass is 32.1. The van der Waals surface area contributed by atoms with Crippen LogP contribution in [-0.2, 0) is 0 Å². The van der Waals surface area contributed by atoms with Gasteiger partial charge in [-0.3, -0.25) is 0 Å². The molecule has 2 aromatic rings. The minimum absolute atomic E-state index is 0.253. The van der Waals surface area contributed by atoms with Crippen molar-refractivity contribution < 1.29 is 9.47 Å². The minimum Gasteiger partial charge on any atom is -0.497 e. The van der Waals surface area contributed by atoms with Gasteiger partial charge < -0.3 is 14.4 Å². The van der Waals surface area contributed by atoms with Crippen LogP contribution in [0.1, 0.15) is 0 Å². The SMILES string of the molecule is COc1cccc(OC(=S)N(C(=S)N(C)C)c2ccccc2)c1. The zero-order valence-electron chi connectivity index (χ0n) is 13.2. The van der Waals surface area contributed by atoms with E-state index in [1.54, 1.807) is 18.1 Å². The van der Waals surface area contributed by atoms with Crippen molar-refractivity contribution in [3.8, 4) is 11.5 Å². The summed E-state index contributed by atoms with van der Waals surface area (Å²) in [4.78, 5) is 3.52. The molecule has 0 bridgehead atoms. The van der Waals surface area contributed by atoms with Gasteiger partial charge in [0.15, 0.2) is 5.11 Å². The Balaban J connectivity index is 2.28. The van der Waals surface area contributed by atoms with Crippen LogP contribution in [-0.4, -0.2) is 36.4 Å². The van der Waals surface area contributed by atoms with Gasteiger partial charge in [-0.15, -0.1) is 0 Å². The van der Waals surface area contributed by atoms with E-state index in [2.05, 4.69) is 0 Å². The highest BCUT2D eigenvalue weighted by Crippen LogP contribution is 2.22. The zero-order valence-corrected chi connectivity index (χ0v) is 14.9. The summed E-state index contributed by atoms with van der Waals surface area (Å²) in [6, 6.07) is 16.9. The molecule has 0 saturated heterocycles. The van der Waals surface area contributed by atoms with Gasteiger partial charge in [-0.05, 0) is 48.7 Å². The van der Waals surface area contributed by atoms with E-state index in [4.69, 9.17) is 33.9 Å². The molecule has 0 saturated carbocycles. The highest BCUT2D eigenvalue weighted by Gasteiger charge is 2.20. The van der Waals surface area contributed by atoms with E-state index in [9.17, 15) is 0 Å². The Morgan fingerprint density at radius 3 is 2.17 bits per heavy atom. The Labute approximate surface area is 147 Å². The third kappa shape index (κ3) is 4.40. The van der Waals surface area contributed by atoms with Crippen LogP contribution in [0.25, 0.3) is 0 Å². The van der Waals surface area contributed by atoms with Gasteiger partial charge in [0.05, 0.1) is 12.8 Å². The molecule has 0 aliphatic rings. The van der Waals surface area contributed by atoms with E-state index in [1.165, 1.54) is 0 Å². The molecule has 6 heteroatoms. The predicted octanol–water partition coefficient (Wildman–Crippen LogP) is 3.71. The lowest BCUT2D eigenvalue weighted by Gasteiger charge is -2.28. The zero-order chi connectivity index (χ0) is 16.8. The molecule has 0 atom stereocenters. The predicted molar refractivity (Wildman–Crippen MR) is 101 cm³/mol. The van der Waals surface area contributed by atoms with Crippen LogP contribution in [0.5, 0.6) is 11.5 Å². The van der Waals surface area contributed by atoms with Gasteiger partial charge in [-0.2, -0.15) is 0 Å². The molecule has 0 heterocycles. The Kier molecular flexibility index (Phi) is 5.90. The van der Waals surface area contributed by atoms with Gasteiger partial charge in [-0.25, -0.2) is 4.90 Å². The van der Waals surface area contributed by atoms with Crippen LogP contribution in [0.15, 0.2) is 54.6 Å². The van der Waals surface area contributed by atoms with Crippen LogP contribution in [0.4, 0.5) is 5.69 Å². The average Bonchev–Trinajstić information content (AvgIpc) is 2.56. The lowest BCUT2D eigenvalue weighted by atomic mass is 10.3. The first-order valence-corrected chi connectivity index (χ1v) is 7.77. The van der Waals surface area contributed by atoms with Crippen molar-refractivity contribution in [2.24, 2.45) is 0 Å². The molecule has 0 aromatic heterocycles. The molecule has 0 spiro atoms. The quantitative estimate of drug-likeness (QED) is 0.786. The third-order valence-electron chi connectivity index (χ3n) is 3.02. The Bertz CT molecular complexity index is 690. The maximum Gasteiger partial charge on any atom is 0.275 e. The van der Waals surface area contributed by atoms with E-state index < -0.39 is 0 Å². The monoisotopic (exact) mass is 346 g/mol. The average molecular weight is 346 g/mol. The van der Waals surface area contributed by atoms with Gasteiger partial charge in [0.25, 0.3) is 5.17 Å². The second-order valence-corrected chi connectivity index (χ2v) is 5.61.